The zero-order valence-corrected chi connectivity index (χ0v) is 13.8. The van der Waals surface area contributed by atoms with Crippen molar-refractivity contribution in [3.05, 3.63) is 70.8 Å². The van der Waals surface area contributed by atoms with E-state index in [0.29, 0.717) is 29.7 Å². The quantitative estimate of drug-likeness (QED) is 0.577. The molecule has 0 radical (unpaired) electrons. The molecule has 1 aliphatic heterocycles. The standard InChI is InChI=1S/C19H16N4O3/c24-19-17(10-11-22(19)14-4-2-1-3-5-14)21-18-9-6-13-12-15(23(25)26)7-8-16(13)20-18/h1-9,12,17H,10-11H2,(H,20,21). The summed E-state index contributed by atoms with van der Waals surface area (Å²) in [4.78, 5) is 29.3. The first-order chi connectivity index (χ1) is 12.6. The minimum Gasteiger partial charge on any atom is -0.358 e. The highest BCUT2D eigenvalue weighted by Crippen LogP contribution is 2.25. The molecule has 4 rings (SSSR count). The van der Waals surface area contributed by atoms with Crippen LogP contribution in [0, 0.1) is 10.1 Å². The lowest BCUT2D eigenvalue weighted by molar-refractivity contribution is -0.384. The van der Waals surface area contributed by atoms with Crippen molar-refractivity contribution in [1.29, 1.82) is 0 Å². The Labute approximate surface area is 149 Å². The molecule has 1 fully saturated rings. The van der Waals surface area contributed by atoms with Gasteiger partial charge in [-0.3, -0.25) is 14.9 Å². The predicted octanol–water partition coefficient (Wildman–Crippen LogP) is 3.36. The molecule has 2 heterocycles. The summed E-state index contributed by atoms with van der Waals surface area (Å²) in [7, 11) is 0. The summed E-state index contributed by atoms with van der Waals surface area (Å²) in [6, 6.07) is 17.3. The zero-order valence-electron chi connectivity index (χ0n) is 13.8. The zero-order chi connectivity index (χ0) is 18.1. The van der Waals surface area contributed by atoms with Gasteiger partial charge in [0, 0.05) is 29.8 Å². The van der Waals surface area contributed by atoms with Crippen LogP contribution in [0.3, 0.4) is 0 Å². The van der Waals surface area contributed by atoms with Gasteiger partial charge in [0.15, 0.2) is 0 Å². The normalized spacial score (nSPS) is 16.8. The van der Waals surface area contributed by atoms with E-state index >= 15 is 0 Å². The van der Waals surface area contributed by atoms with E-state index in [9.17, 15) is 14.9 Å². The number of nitrogens with one attached hydrogen (secondary N) is 1. The molecule has 3 aromatic rings. The molecule has 7 nitrogen and oxygen atoms in total. The number of hydrogen-bond acceptors (Lipinski definition) is 5. The Morgan fingerprint density at radius 1 is 1.12 bits per heavy atom. The first-order valence-electron chi connectivity index (χ1n) is 8.30. The predicted molar refractivity (Wildman–Crippen MR) is 99.2 cm³/mol. The van der Waals surface area contributed by atoms with Crippen molar-refractivity contribution in [3.63, 3.8) is 0 Å². The van der Waals surface area contributed by atoms with Crippen LogP contribution < -0.4 is 10.2 Å². The molecule has 2 aromatic carbocycles. The number of carbonyl (C=O) groups excluding carboxylic acids is 1. The Balaban J connectivity index is 1.53. The second kappa shape index (κ2) is 6.44. The fourth-order valence-corrected chi connectivity index (χ4v) is 3.16. The molecule has 1 atom stereocenters. The number of amides is 1. The van der Waals surface area contributed by atoms with Crippen molar-refractivity contribution in [1.82, 2.24) is 4.98 Å². The number of hydrogen-bond donors (Lipinski definition) is 1. The number of aromatic nitrogens is 1. The number of pyridine rings is 1. The van der Waals surface area contributed by atoms with Gasteiger partial charge in [-0.1, -0.05) is 18.2 Å². The summed E-state index contributed by atoms with van der Waals surface area (Å²) >= 11 is 0. The van der Waals surface area contributed by atoms with Gasteiger partial charge in [-0.05, 0) is 36.8 Å². The van der Waals surface area contributed by atoms with Crippen molar-refractivity contribution in [2.24, 2.45) is 0 Å². The first kappa shape index (κ1) is 16.0. The number of nitro groups is 1. The molecule has 1 aromatic heterocycles. The third kappa shape index (κ3) is 2.95. The average molecular weight is 348 g/mol. The molecule has 130 valence electrons. The third-order valence-electron chi connectivity index (χ3n) is 4.48. The summed E-state index contributed by atoms with van der Waals surface area (Å²) in [6.07, 6.45) is 0.688. The summed E-state index contributed by atoms with van der Waals surface area (Å²) in [5.74, 6) is 0.599. The minimum absolute atomic E-state index is 0.0156. The smallest absolute Gasteiger partial charge is 0.270 e. The number of para-hydroxylation sites is 1. The molecule has 1 saturated heterocycles. The Morgan fingerprint density at radius 2 is 1.92 bits per heavy atom. The summed E-state index contributed by atoms with van der Waals surface area (Å²) in [6.45, 7) is 0.653. The van der Waals surface area contributed by atoms with Crippen LogP contribution in [0.1, 0.15) is 6.42 Å². The Morgan fingerprint density at radius 3 is 2.69 bits per heavy atom. The fraction of sp³-hybridized carbons (Fsp3) is 0.158. The van der Waals surface area contributed by atoms with Crippen LogP contribution in [-0.2, 0) is 4.79 Å². The van der Waals surface area contributed by atoms with E-state index in [1.807, 2.05) is 30.3 Å². The van der Waals surface area contributed by atoms with E-state index < -0.39 is 4.92 Å². The van der Waals surface area contributed by atoms with E-state index in [0.717, 1.165) is 5.69 Å². The van der Waals surface area contributed by atoms with Crippen LogP contribution >= 0.6 is 0 Å². The minimum atomic E-state index is -0.430. The maximum absolute atomic E-state index is 12.7. The summed E-state index contributed by atoms with van der Waals surface area (Å²) < 4.78 is 0. The average Bonchev–Trinajstić information content (AvgIpc) is 3.02. The largest absolute Gasteiger partial charge is 0.358 e. The molecular formula is C19H16N4O3. The van der Waals surface area contributed by atoms with Crippen molar-refractivity contribution >= 4 is 34.0 Å². The molecule has 0 spiro atoms. The van der Waals surface area contributed by atoms with Crippen molar-refractivity contribution in [3.8, 4) is 0 Å². The van der Waals surface area contributed by atoms with Gasteiger partial charge in [0.05, 0.1) is 10.4 Å². The molecule has 0 saturated carbocycles. The van der Waals surface area contributed by atoms with Crippen LogP contribution in [0.5, 0.6) is 0 Å². The van der Waals surface area contributed by atoms with Crippen LogP contribution in [0.15, 0.2) is 60.7 Å². The molecule has 1 N–H and O–H groups in total. The van der Waals surface area contributed by atoms with Crippen LogP contribution in [-0.4, -0.2) is 28.4 Å². The lowest BCUT2D eigenvalue weighted by atomic mass is 10.2. The number of non-ortho nitro benzene ring substituents is 1. The number of rotatable bonds is 4. The molecule has 1 aliphatic rings. The Kier molecular flexibility index (Phi) is 3.96. The fourth-order valence-electron chi connectivity index (χ4n) is 3.16. The van der Waals surface area contributed by atoms with Gasteiger partial charge in [-0.25, -0.2) is 4.98 Å². The summed E-state index contributed by atoms with van der Waals surface area (Å²) in [5, 5.41) is 14.7. The highest BCUT2D eigenvalue weighted by molar-refractivity contribution is 6.01. The van der Waals surface area contributed by atoms with E-state index in [4.69, 9.17) is 0 Å². The van der Waals surface area contributed by atoms with E-state index in [1.165, 1.54) is 12.1 Å². The second-order valence-corrected chi connectivity index (χ2v) is 6.14. The van der Waals surface area contributed by atoms with Gasteiger partial charge in [-0.15, -0.1) is 0 Å². The molecular weight excluding hydrogens is 332 g/mol. The molecule has 1 unspecified atom stereocenters. The molecule has 1 amide bonds. The van der Waals surface area contributed by atoms with Gasteiger partial charge >= 0.3 is 0 Å². The third-order valence-corrected chi connectivity index (χ3v) is 4.48. The van der Waals surface area contributed by atoms with Gasteiger partial charge in [-0.2, -0.15) is 0 Å². The Hall–Kier alpha value is -3.48. The van der Waals surface area contributed by atoms with Crippen molar-refractivity contribution in [2.45, 2.75) is 12.5 Å². The van der Waals surface area contributed by atoms with E-state index in [2.05, 4.69) is 10.3 Å². The lowest BCUT2D eigenvalue weighted by Crippen LogP contribution is -2.33. The van der Waals surface area contributed by atoms with Gasteiger partial charge in [0.25, 0.3) is 5.69 Å². The maximum Gasteiger partial charge on any atom is 0.270 e. The monoisotopic (exact) mass is 348 g/mol. The molecule has 0 bridgehead atoms. The van der Waals surface area contributed by atoms with E-state index in [-0.39, 0.29) is 17.6 Å². The maximum atomic E-state index is 12.7. The lowest BCUT2D eigenvalue weighted by Gasteiger charge is -2.17. The number of anilines is 2. The molecule has 26 heavy (non-hydrogen) atoms. The van der Waals surface area contributed by atoms with Crippen LogP contribution in [0.2, 0.25) is 0 Å². The second-order valence-electron chi connectivity index (χ2n) is 6.14. The van der Waals surface area contributed by atoms with Gasteiger partial charge in [0.1, 0.15) is 11.9 Å². The van der Waals surface area contributed by atoms with Gasteiger partial charge in [0.2, 0.25) is 5.91 Å². The number of carbonyl (C=O) groups is 1. The molecule has 0 aliphatic carbocycles. The van der Waals surface area contributed by atoms with Crippen LogP contribution in [0.25, 0.3) is 10.9 Å². The van der Waals surface area contributed by atoms with Crippen molar-refractivity contribution < 1.29 is 9.72 Å². The SMILES string of the molecule is O=C1C(Nc2ccc3cc([N+](=O)[O-])ccc3n2)CCN1c1ccccc1. The van der Waals surface area contributed by atoms with E-state index in [1.54, 1.807) is 23.1 Å². The number of fused-ring (bicyclic) bond motifs is 1. The van der Waals surface area contributed by atoms with Crippen molar-refractivity contribution in [2.75, 3.05) is 16.8 Å². The Bertz CT molecular complexity index is 991. The molecule has 7 heteroatoms. The number of nitrogens with zero attached hydrogens (tertiary/aromatic N) is 3. The van der Waals surface area contributed by atoms with Crippen LogP contribution in [0.4, 0.5) is 17.2 Å². The number of nitro benzene ring substituents is 1. The highest BCUT2D eigenvalue weighted by atomic mass is 16.6. The highest BCUT2D eigenvalue weighted by Gasteiger charge is 2.32. The summed E-state index contributed by atoms with van der Waals surface area (Å²) in [5.41, 5.74) is 1.57. The van der Waals surface area contributed by atoms with Gasteiger partial charge < -0.3 is 10.2 Å². The number of benzene rings is 2. The first-order valence-corrected chi connectivity index (χ1v) is 8.30. The topological polar surface area (TPSA) is 88.4 Å².